The van der Waals surface area contributed by atoms with Crippen LogP contribution in [0.4, 0.5) is 23.2 Å². The Hall–Kier alpha value is -2.57. The molecule has 110 valence electrons. The Bertz CT molecular complexity index is 667. The predicted molar refractivity (Wildman–Crippen MR) is 66.7 cm³/mol. The second-order valence-corrected chi connectivity index (χ2v) is 4.22. The van der Waals surface area contributed by atoms with Crippen molar-refractivity contribution in [3.8, 4) is 0 Å². The van der Waals surface area contributed by atoms with Crippen LogP contribution in [0, 0.1) is 23.3 Å². The van der Waals surface area contributed by atoms with Gasteiger partial charge in [0, 0.05) is 5.69 Å². The summed E-state index contributed by atoms with van der Waals surface area (Å²) >= 11 is 0. The highest BCUT2D eigenvalue weighted by Gasteiger charge is 2.23. The summed E-state index contributed by atoms with van der Waals surface area (Å²) in [5, 5.41) is 11.5. The Morgan fingerprint density at radius 2 is 1.67 bits per heavy atom. The van der Waals surface area contributed by atoms with Gasteiger partial charge in [-0.3, -0.25) is 0 Å². The van der Waals surface area contributed by atoms with E-state index in [0.29, 0.717) is 12.1 Å². The molecule has 2 aromatic carbocycles. The third-order valence-electron chi connectivity index (χ3n) is 2.72. The molecule has 2 N–H and O–H groups in total. The molecule has 0 aromatic heterocycles. The minimum absolute atomic E-state index is 0.104. The van der Waals surface area contributed by atoms with Gasteiger partial charge in [-0.15, -0.1) is 0 Å². The van der Waals surface area contributed by atoms with Crippen LogP contribution < -0.4 is 5.32 Å². The van der Waals surface area contributed by atoms with E-state index in [1.54, 1.807) is 0 Å². The van der Waals surface area contributed by atoms with Gasteiger partial charge < -0.3 is 10.4 Å². The van der Waals surface area contributed by atoms with Crippen LogP contribution in [0.2, 0.25) is 0 Å². The first kappa shape index (κ1) is 14.8. The lowest BCUT2D eigenvalue weighted by atomic mass is 10.1. The highest BCUT2D eigenvalue weighted by molar-refractivity contribution is 5.79. The summed E-state index contributed by atoms with van der Waals surface area (Å²) < 4.78 is 52.3. The van der Waals surface area contributed by atoms with Crippen molar-refractivity contribution >= 4 is 11.7 Å². The fourth-order valence-electron chi connectivity index (χ4n) is 1.77. The summed E-state index contributed by atoms with van der Waals surface area (Å²) in [6, 6.07) is 4.48. The van der Waals surface area contributed by atoms with Crippen LogP contribution in [0.15, 0.2) is 36.4 Å². The first-order valence-electron chi connectivity index (χ1n) is 5.78. The van der Waals surface area contributed by atoms with Gasteiger partial charge in [0.2, 0.25) is 0 Å². The molecule has 21 heavy (non-hydrogen) atoms. The molecule has 0 saturated heterocycles. The largest absolute Gasteiger partial charge is 0.479 e. The van der Waals surface area contributed by atoms with E-state index in [4.69, 9.17) is 5.11 Å². The third-order valence-corrected chi connectivity index (χ3v) is 2.72. The summed E-state index contributed by atoms with van der Waals surface area (Å²) in [5.74, 6) is -6.76. The Morgan fingerprint density at radius 1 is 1.05 bits per heavy atom. The molecule has 1 atom stereocenters. The molecule has 2 rings (SSSR count). The predicted octanol–water partition coefficient (Wildman–Crippen LogP) is 3.48. The molecule has 0 bridgehead atoms. The zero-order valence-electron chi connectivity index (χ0n) is 10.4. The standard InChI is InChI=1S/C14H9F4NO2/c15-8-2-1-3-9(6-8)19-13(14(20)21)7-4-10(16)12(18)11(17)5-7/h1-6,13,19H,(H,20,21). The number of carboxylic acid groups (broad SMARTS) is 1. The Balaban J connectivity index is 2.38. The SMILES string of the molecule is O=C(O)C(Nc1cccc(F)c1)c1cc(F)c(F)c(F)c1. The minimum Gasteiger partial charge on any atom is -0.479 e. The van der Waals surface area contributed by atoms with Gasteiger partial charge in [0.25, 0.3) is 0 Å². The molecular weight excluding hydrogens is 290 g/mol. The maximum atomic E-state index is 13.2. The molecule has 3 nitrogen and oxygen atoms in total. The van der Waals surface area contributed by atoms with E-state index in [1.165, 1.54) is 12.1 Å². The van der Waals surface area contributed by atoms with Gasteiger partial charge in [-0.05, 0) is 35.9 Å². The van der Waals surface area contributed by atoms with Crippen LogP contribution in [-0.4, -0.2) is 11.1 Å². The van der Waals surface area contributed by atoms with Crippen molar-refractivity contribution in [3.63, 3.8) is 0 Å². The molecule has 0 radical (unpaired) electrons. The highest BCUT2D eigenvalue weighted by atomic mass is 19.2. The number of benzene rings is 2. The normalized spacial score (nSPS) is 12.0. The molecule has 0 aliphatic carbocycles. The number of rotatable bonds is 4. The van der Waals surface area contributed by atoms with Gasteiger partial charge in [0.05, 0.1) is 0 Å². The average Bonchev–Trinajstić information content (AvgIpc) is 2.41. The van der Waals surface area contributed by atoms with Crippen molar-refractivity contribution in [2.24, 2.45) is 0 Å². The summed E-state index contributed by atoms with van der Waals surface area (Å²) in [5.41, 5.74) is -0.226. The van der Waals surface area contributed by atoms with Gasteiger partial charge in [0.1, 0.15) is 5.82 Å². The first-order chi connectivity index (χ1) is 9.88. The molecule has 2 aromatic rings. The number of aliphatic carboxylic acids is 1. The Labute approximate surface area is 116 Å². The van der Waals surface area contributed by atoms with Crippen molar-refractivity contribution in [2.45, 2.75) is 6.04 Å². The van der Waals surface area contributed by atoms with Crippen LogP contribution in [-0.2, 0) is 4.79 Å². The second kappa shape index (κ2) is 5.82. The maximum absolute atomic E-state index is 13.2. The van der Waals surface area contributed by atoms with E-state index in [2.05, 4.69) is 5.32 Å². The van der Waals surface area contributed by atoms with Crippen LogP contribution in [0.3, 0.4) is 0 Å². The number of halogens is 4. The Kier molecular flexibility index (Phi) is 4.11. The van der Waals surface area contributed by atoms with Crippen molar-refractivity contribution in [3.05, 3.63) is 65.2 Å². The molecule has 0 fully saturated rings. The molecule has 7 heteroatoms. The number of hydrogen-bond acceptors (Lipinski definition) is 2. The number of nitrogens with one attached hydrogen (secondary N) is 1. The van der Waals surface area contributed by atoms with Crippen LogP contribution in [0.1, 0.15) is 11.6 Å². The second-order valence-electron chi connectivity index (χ2n) is 4.22. The van der Waals surface area contributed by atoms with Crippen LogP contribution in [0.5, 0.6) is 0 Å². The summed E-state index contributed by atoms with van der Waals surface area (Å²) in [7, 11) is 0. The zero-order chi connectivity index (χ0) is 15.6. The summed E-state index contributed by atoms with van der Waals surface area (Å²) in [6.07, 6.45) is 0. The maximum Gasteiger partial charge on any atom is 0.330 e. The molecule has 0 saturated carbocycles. The van der Waals surface area contributed by atoms with Crippen molar-refractivity contribution in [2.75, 3.05) is 5.32 Å². The third kappa shape index (κ3) is 3.31. The van der Waals surface area contributed by atoms with E-state index >= 15 is 0 Å². The molecule has 0 aliphatic rings. The first-order valence-corrected chi connectivity index (χ1v) is 5.78. The smallest absolute Gasteiger partial charge is 0.330 e. The van der Waals surface area contributed by atoms with Crippen molar-refractivity contribution in [1.82, 2.24) is 0 Å². The molecule has 0 aliphatic heterocycles. The van der Waals surface area contributed by atoms with E-state index in [1.807, 2.05) is 0 Å². The van der Waals surface area contributed by atoms with Crippen molar-refractivity contribution < 1.29 is 27.5 Å². The molecule has 0 spiro atoms. The van der Waals surface area contributed by atoms with Crippen LogP contribution >= 0.6 is 0 Å². The quantitative estimate of drug-likeness (QED) is 0.671. The Morgan fingerprint density at radius 3 is 2.19 bits per heavy atom. The highest BCUT2D eigenvalue weighted by Crippen LogP contribution is 2.24. The summed E-state index contributed by atoms with van der Waals surface area (Å²) in [6.45, 7) is 0. The minimum atomic E-state index is -1.69. The van der Waals surface area contributed by atoms with E-state index in [9.17, 15) is 22.4 Å². The molecule has 1 unspecified atom stereocenters. The molecule has 0 heterocycles. The van der Waals surface area contributed by atoms with Crippen LogP contribution in [0.25, 0.3) is 0 Å². The topological polar surface area (TPSA) is 49.3 Å². The fraction of sp³-hybridized carbons (Fsp3) is 0.0714. The number of carboxylic acids is 1. The van der Waals surface area contributed by atoms with Gasteiger partial charge in [0.15, 0.2) is 23.5 Å². The monoisotopic (exact) mass is 299 g/mol. The van der Waals surface area contributed by atoms with E-state index in [-0.39, 0.29) is 11.3 Å². The summed E-state index contributed by atoms with van der Waals surface area (Å²) in [4.78, 5) is 11.2. The molecular formula is C14H9F4NO2. The zero-order valence-corrected chi connectivity index (χ0v) is 10.4. The van der Waals surface area contributed by atoms with Gasteiger partial charge in [-0.2, -0.15) is 0 Å². The molecule has 0 amide bonds. The fourth-order valence-corrected chi connectivity index (χ4v) is 1.77. The number of anilines is 1. The van der Waals surface area contributed by atoms with Gasteiger partial charge in [-0.1, -0.05) is 6.07 Å². The van der Waals surface area contributed by atoms with E-state index < -0.39 is 35.3 Å². The van der Waals surface area contributed by atoms with Gasteiger partial charge in [-0.25, -0.2) is 22.4 Å². The van der Waals surface area contributed by atoms with Crippen molar-refractivity contribution in [1.29, 1.82) is 0 Å². The van der Waals surface area contributed by atoms with Gasteiger partial charge >= 0.3 is 5.97 Å². The lowest BCUT2D eigenvalue weighted by Crippen LogP contribution is -2.21. The number of carbonyl (C=O) groups is 1. The van der Waals surface area contributed by atoms with E-state index in [0.717, 1.165) is 12.1 Å². The lowest BCUT2D eigenvalue weighted by Gasteiger charge is -2.16. The average molecular weight is 299 g/mol. The number of hydrogen-bond donors (Lipinski definition) is 2. The lowest BCUT2D eigenvalue weighted by molar-refractivity contribution is -0.138.